The molecule has 0 amide bonds. The van der Waals surface area contributed by atoms with Crippen molar-refractivity contribution >= 4 is 22.8 Å². The van der Waals surface area contributed by atoms with E-state index >= 15 is 0 Å². The van der Waals surface area contributed by atoms with E-state index in [1.807, 2.05) is 50.6 Å². The molecule has 0 saturated heterocycles. The van der Waals surface area contributed by atoms with E-state index in [0.717, 1.165) is 41.7 Å². The highest BCUT2D eigenvalue weighted by Gasteiger charge is 2.47. The number of hydrogen-bond acceptors (Lipinski definition) is 5. The number of aryl methyl sites for hydroxylation is 2. The maximum Gasteiger partial charge on any atom is 0.306 e. The van der Waals surface area contributed by atoms with Crippen LogP contribution in [0.5, 0.6) is 0 Å². The number of ether oxygens (including phenoxy) is 1. The summed E-state index contributed by atoms with van der Waals surface area (Å²) in [5.41, 5.74) is 2.28. The SMILES string of the molecule is Cc1nc2cc([C@@H]3C/C=C\CCC[C@@H]4CC(C)(CCC(=O)O3)C(=O)[C@H](C)[C@H]4O)ccc2n1C. The molecule has 4 rings (SSSR count). The van der Waals surface area contributed by atoms with Crippen molar-refractivity contribution < 1.29 is 19.4 Å². The molecule has 6 nitrogen and oxygen atoms in total. The van der Waals surface area contributed by atoms with Gasteiger partial charge in [-0.05, 0) is 62.6 Å². The minimum Gasteiger partial charge on any atom is -0.457 e. The average molecular weight is 453 g/mol. The fraction of sp³-hybridized carbons (Fsp3) is 0.593. The standard InChI is InChI=1S/C27H36N2O4/c1-17-25(31)20-9-7-5-6-8-10-23(33-24(30)13-14-27(3,16-20)26(17)32)19-11-12-22-21(15-19)28-18(2)29(22)4/h6,8,11-12,15,17,20,23,25,31H,5,7,9-10,13-14,16H2,1-4H3/b8-6-/t17-,20-,23+,25-,27?/m1/s1. The molecule has 1 aliphatic carbocycles. The lowest BCUT2D eigenvalue weighted by atomic mass is 9.62. The third-order valence-corrected chi connectivity index (χ3v) is 7.83. The number of esters is 1. The van der Waals surface area contributed by atoms with Gasteiger partial charge in [-0.2, -0.15) is 0 Å². The summed E-state index contributed by atoms with van der Waals surface area (Å²) in [6.07, 6.45) is 7.90. The number of ketones is 1. The van der Waals surface area contributed by atoms with Gasteiger partial charge in [-0.1, -0.05) is 32.1 Å². The number of carbonyl (C=O) groups is 2. The molecule has 1 aliphatic heterocycles. The first kappa shape index (κ1) is 23.7. The predicted octanol–water partition coefficient (Wildman–Crippen LogP) is 4.97. The summed E-state index contributed by atoms with van der Waals surface area (Å²) in [5.74, 6) is 0.421. The number of hydrogen-bond donors (Lipinski definition) is 1. The van der Waals surface area contributed by atoms with E-state index in [4.69, 9.17) is 4.74 Å². The molecule has 178 valence electrons. The molecule has 1 aromatic heterocycles. The van der Waals surface area contributed by atoms with Crippen molar-refractivity contribution in [2.45, 2.75) is 77.9 Å². The fourth-order valence-corrected chi connectivity index (χ4v) is 5.63. The number of carbonyl (C=O) groups excluding carboxylic acids is 2. The maximum atomic E-state index is 13.0. The molecule has 0 radical (unpaired) electrons. The summed E-state index contributed by atoms with van der Waals surface area (Å²) in [5, 5.41) is 10.6. The molecular formula is C27H36N2O4. The van der Waals surface area contributed by atoms with Gasteiger partial charge < -0.3 is 14.4 Å². The maximum absolute atomic E-state index is 13.0. The fourth-order valence-electron chi connectivity index (χ4n) is 5.63. The van der Waals surface area contributed by atoms with E-state index in [-0.39, 0.29) is 30.2 Å². The summed E-state index contributed by atoms with van der Waals surface area (Å²) in [4.78, 5) is 30.5. The Morgan fingerprint density at radius 1 is 1.24 bits per heavy atom. The molecule has 2 heterocycles. The van der Waals surface area contributed by atoms with Crippen LogP contribution in [0.1, 0.15) is 76.3 Å². The molecule has 1 aromatic carbocycles. The van der Waals surface area contributed by atoms with Gasteiger partial charge in [-0.15, -0.1) is 0 Å². The average Bonchev–Trinajstić information content (AvgIpc) is 3.08. The van der Waals surface area contributed by atoms with E-state index in [1.54, 1.807) is 0 Å². The summed E-state index contributed by atoms with van der Waals surface area (Å²) in [7, 11) is 1.99. The highest BCUT2D eigenvalue weighted by atomic mass is 16.5. The highest BCUT2D eigenvalue weighted by molar-refractivity contribution is 5.88. The molecule has 2 bridgehead atoms. The van der Waals surface area contributed by atoms with E-state index in [0.29, 0.717) is 19.3 Å². The van der Waals surface area contributed by atoms with Gasteiger partial charge in [0.15, 0.2) is 0 Å². The lowest BCUT2D eigenvalue weighted by Crippen LogP contribution is -2.48. The van der Waals surface area contributed by atoms with Crippen LogP contribution in [0, 0.1) is 24.2 Å². The predicted molar refractivity (Wildman–Crippen MR) is 128 cm³/mol. The van der Waals surface area contributed by atoms with Crippen LogP contribution in [0.4, 0.5) is 0 Å². The zero-order valence-electron chi connectivity index (χ0n) is 20.2. The monoisotopic (exact) mass is 452 g/mol. The van der Waals surface area contributed by atoms with Gasteiger partial charge in [0.25, 0.3) is 0 Å². The second-order valence-corrected chi connectivity index (χ2v) is 10.3. The van der Waals surface area contributed by atoms with Gasteiger partial charge >= 0.3 is 5.97 Å². The van der Waals surface area contributed by atoms with Gasteiger partial charge in [-0.3, -0.25) is 9.59 Å². The largest absolute Gasteiger partial charge is 0.457 e. The van der Waals surface area contributed by atoms with Crippen LogP contribution in [-0.2, 0) is 21.4 Å². The summed E-state index contributed by atoms with van der Waals surface area (Å²) in [6, 6.07) is 6.05. The number of imidazole rings is 1. The van der Waals surface area contributed by atoms with E-state index < -0.39 is 17.4 Å². The third kappa shape index (κ3) is 4.77. The first-order valence-corrected chi connectivity index (χ1v) is 12.2. The van der Waals surface area contributed by atoms with Crippen molar-refractivity contribution in [2.75, 3.05) is 0 Å². The number of fused-ring (bicyclic) bond motifs is 3. The van der Waals surface area contributed by atoms with Crippen LogP contribution in [0.3, 0.4) is 0 Å². The number of aliphatic hydroxyl groups is 1. The molecule has 2 aromatic rings. The first-order chi connectivity index (χ1) is 15.7. The van der Waals surface area contributed by atoms with E-state index in [9.17, 15) is 14.7 Å². The van der Waals surface area contributed by atoms with Crippen LogP contribution in [0.25, 0.3) is 11.0 Å². The topological polar surface area (TPSA) is 81.4 Å². The number of Topliss-reactive ketones (excluding diaryl/α,β-unsaturated/α-hetero) is 1. The Morgan fingerprint density at radius 3 is 2.82 bits per heavy atom. The number of benzene rings is 1. The normalized spacial score (nSPS) is 32.9. The Hall–Kier alpha value is -2.47. The second-order valence-electron chi connectivity index (χ2n) is 10.3. The minimum absolute atomic E-state index is 0.0681. The van der Waals surface area contributed by atoms with Crippen molar-refractivity contribution in [3.05, 3.63) is 41.7 Å². The summed E-state index contributed by atoms with van der Waals surface area (Å²) in [6.45, 7) is 5.75. The molecule has 1 fully saturated rings. The van der Waals surface area contributed by atoms with E-state index in [1.165, 1.54) is 0 Å². The molecule has 1 N–H and O–H groups in total. The van der Waals surface area contributed by atoms with Crippen LogP contribution in [-0.4, -0.2) is 32.5 Å². The number of nitrogens with zero attached hydrogens (tertiary/aromatic N) is 2. The second kappa shape index (κ2) is 9.41. The summed E-state index contributed by atoms with van der Waals surface area (Å²) >= 11 is 0. The van der Waals surface area contributed by atoms with Crippen LogP contribution in [0.15, 0.2) is 30.4 Å². The third-order valence-electron chi connectivity index (χ3n) is 7.83. The quantitative estimate of drug-likeness (QED) is 0.488. The van der Waals surface area contributed by atoms with Gasteiger partial charge in [-0.25, -0.2) is 4.98 Å². The molecule has 2 aliphatic rings. The van der Waals surface area contributed by atoms with Crippen molar-refractivity contribution in [2.24, 2.45) is 24.3 Å². The van der Waals surface area contributed by atoms with Crippen molar-refractivity contribution in [1.29, 1.82) is 0 Å². The molecule has 0 spiro atoms. The molecule has 1 saturated carbocycles. The van der Waals surface area contributed by atoms with E-state index in [2.05, 4.69) is 17.1 Å². The molecule has 1 unspecified atom stereocenters. The number of aromatic nitrogens is 2. The molecular weight excluding hydrogens is 416 g/mol. The Bertz CT molecular complexity index is 1070. The molecule has 33 heavy (non-hydrogen) atoms. The number of cyclic esters (lactones) is 1. The van der Waals surface area contributed by atoms with Crippen molar-refractivity contribution in [1.82, 2.24) is 9.55 Å². The number of aliphatic hydroxyl groups excluding tert-OH is 1. The van der Waals surface area contributed by atoms with Gasteiger partial charge in [0.1, 0.15) is 17.7 Å². The Labute approximate surface area is 196 Å². The first-order valence-electron chi connectivity index (χ1n) is 12.2. The Morgan fingerprint density at radius 2 is 2.03 bits per heavy atom. The molecule has 6 heteroatoms. The zero-order valence-corrected chi connectivity index (χ0v) is 20.2. The Balaban J connectivity index is 1.58. The zero-order chi connectivity index (χ0) is 23.8. The molecule has 5 atom stereocenters. The smallest absolute Gasteiger partial charge is 0.306 e. The van der Waals surface area contributed by atoms with Gasteiger partial charge in [0, 0.05) is 31.2 Å². The van der Waals surface area contributed by atoms with Crippen molar-refractivity contribution in [3.63, 3.8) is 0 Å². The Kier molecular flexibility index (Phi) is 6.76. The van der Waals surface area contributed by atoms with Crippen LogP contribution in [0.2, 0.25) is 0 Å². The number of rotatable bonds is 1. The lowest BCUT2D eigenvalue weighted by molar-refractivity contribution is -0.152. The van der Waals surface area contributed by atoms with Gasteiger partial charge in [0.2, 0.25) is 0 Å². The minimum atomic E-state index is -0.595. The van der Waals surface area contributed by atoms with Crippen LogP contribution < -0.4 is 0 Å². The van der Waals surface area contributed by atoms with Gasteiger partial charge in [0.05, 0.1) is 17.1 Å². The van der Waals surface area contributed by atoms with Crippen molar-refractivity contribution in [3.8, 4) is 0 Å². The van der Waals surface area contributed by atoms with Crippen LogP contribution >= 0.6 is 0 Å². The highest BCUT2D eigenvalue weighted by Crippen LogP contribution is 2.44. The summed E-state index contributed by atoms with van der Waals surface area (Å²) < 4.78 is 7.99. The number of allylic oxidation sites excluding steroid dienone is 1. The lowest BCUT2D eigenvalue weighted by Gasteiger charge is -2.43.